The predicted molar refractivity (Wildman–Crippen MR) is 100 cm³/mol. The molecule has 0 aliphatic heterocycles. The van der Waals surface area contributed by atoms with Crippen LogP contribution in [0, 0.1) is 0 Å². The van der Waals surface area contributed by atoms with Crippen molar-refractivity contribution in [1.29, 1.82) is 0 Å². The molecule has 24 heavy (non-hydrogen) atoms. The van der Waals surface area contributed by atoms with E-state index in [1.807, 2.05) is 54.8 Å². The molecule has 0 saturated heterocycles. The lowest BCUT2D eigenvalue weighted by molar-refractivity contribution is -0.120. The number of rotatable bonds is 8. The molecular formula is C20H21NO2S. The van der Waals surface area contributed by atoms with Crippen LogP contribution in [0.4, 0.5) is 0 Å². The lowest BCUT2D eigenvalue weighted by atomic mass is 10.1. The van der Waals surface area contributed by atoms with Crippen LogP contribution in [-0.2, 0) is 9.59 Å². The zero-order valence-electron chi connectivity index (χ0n) is 13.7. The molecule has 1 aromatic carbocycles. The van der Waals surface area contributed by atoms with Gasteiger partial charge in [0.1, 0.15) is 0 Å². The SMILES string of the molecule is CCCCC(=O)/C(=C/c1ccccc1)NC(=O)/C=C/c1cccs1. The van der Waals surface area contributed by atoms with Gasteiger partial charge in [-0.25, -0.2) is 0 Å². The number of ketones is 1. The Labute approximate surface area is 146 Å². The van der Waals surface area contributed by atoms with Gasteiger partial charge in [0.05, 0.1) is 5.70 Å². The van der Waals surface area contributed by atoms with Crippen molar-refractivity contribution in [3.05, 3.63) is 70.1 Å². The van der Waals surface area contributed by atoms with Gasteiger partial charge >= 0.3 is 0 Å². The summed E-state index contributed by atoms with van der Waals surface area (Å²) in [4.78, 5) is 25.5. The minimum Gasteiger partial charge on any atom is -0.319 e. The number of hydrogen-bond acceptors (Lipinski definition) is 3. The minimum absolute atomic E-state index is 0.0430. The molecule has 2 aromatic rings. The molecule has 0 saturated carbocycles. The summed E-state index contributed by atoms with van der Waals surface area (Å²) in [6.45, 7) is 2.04. The Morgan fingerprint density at radius 3 is 2.58 bits per heavy atom. The van der Waals surface area contributed by atoms with E-state index < -0.39 is 0 Å². The molecule has 1 amide bonds. The highest BCUT2D eigenvalue weighted by Crippen LogP contribution is 2.11. The molecule has 1 N–H and O–H groups in total. The third kappa shape index (κ3) is 5.97. The van der Waals surface area contributed by atoms with E-state index in [0.717, 1.165) is 23.3 Å². The number of hydrogen-bond donors (Lipinski definition) is 1. The summed E-state index contributed by atoms with van der Waals surface area (Å²) in [6, 6.07) is 13.4. The Kier molecular flexibility index (Phi) is 7.18. The van der Waals surface area contributed by atoms with Crippen LogP contribution in [0.15, 0.2) is 59.6 Å². The van der Waals surface area contributed by atoms with Crippen molar-refractivity contribution in [2.24, 2.45) is 0 Å². The summed E-state index contributed by atoms with van der Waals surface area (Å²) < 4.78 is 0. The second-order valence-corrected chi connectivity index (χ2v) is 6.31. The van der Waals surface area contributed by atoms with Gasteiger partial charge in [0.25, 0.3) is 0 Å². The van der Waals surface area contributed by atoms with E-state index in [0.29, 0.717) is 12.1 Å². The zero-order chi connectivity index (χ0) is 17.2. The summed E-state index contributed by atoms with van der Waals surface area (Å²) in [5.41, 5.74) is 1.23. The van der Waals surface area contributed by atoms with Crippen molar-refractivity contribution < 1.29 is 9.59 Å². The average Bonchev–Trinajstić information content (AvgIpc) is 3.12. The van der Waals surface area contributed by atoms with Crippen LogP contribution in [0.1, 0.15) is 36.6 Å². The molecule has 0 atom stereocenters. The smallest absolute Gasteiger partial charge is 0.248 e. The summed E-state index contributed by atoms with van der Waals surface area (Å²) >= 11 is 1.56. The number of carbonyl (C=O) groups is 2. The molecule has 0 aliphatic carbocycles. The summed E-state index contributed by atoms with van der Waals surface area (Å²) in [6.07, 6.45) is 7.12. The third-order valence-corrected chi connectivity index (χ3v) is 4.21. The Morgan fingerprint density at radius 1 is 1.12 bits per heavy atom. The zero-order valence-corrected chi connectivity index (χ0v) is 14.5. The number of carbonyl (C=O) groups excluding carboxylic acids is 2. The van der Waals surface area contributed by atoms with Gasteiger partial charge in [-0.1, -0.05) is 49.7 Å². The number of benzene rings is 1. The van der Waals surface area contributed by atoms with Crippen LogP contribution >= 0.6 is 11.3 Å². The quantitative estimate of drug-likeness (QED) is 0.710. The highest BCUT2D eigenvalue weighted by Gasteiger charge is 2.11. The molecule has 0 aliphatic rings. The maximum absolute atomic E-state index is 12.4. The fraction of sp³-hybridized carbons (Fsp3) is 0.200. The highest BCUT2D eigenvalue weighted by atomic mass is 32.1. The standard InChI is InChI=1S/C20H21NO2S/c1-2-3-11-19(22)18(15-16-8-5-4-6-9-16)21-20(23)13-12-17-10-7-14-24-17/h4-10,12-15H,2-3,11H2,1H3,(H,21,23)/b13-12+,18-15-. The monoisotopic (exact) mass is 339 g/mol. The maximum atomic E-state index is 12.4. The number of thiophene rings is 1. The summed E-state index contributed by atoms with van der Waals surface area (Å²) in [5, 5.41) is 4.68. The highest BCUT2D eigenvalue weighted by molar-refractivity contribution is 7.10. The first-order valence-corrected chi connectivity index (χ1v) is 8.89. The number of amides is 1. The number of nitrogens with one attached hydrogen (secondary N) is 1. The van der Waals surface area contributed by atoms with Gasteiger partial charge in [0.15, 0.2) is 5.78 Å². The second kappa shape index (κ2) is 9.63. The largest absolute Gasteiger partial charge is 0.319 e. The molecule has 0 fully saturated rings. The summed E-state index contributed by atoms with van der Waals surface area (Å²) in [7, 11) is 0. The van der Waals surface area contributed by atoms with Crippen molar-refractivity contribution in [3.8, 4) is 0 Å². The van der Waals surface area contributed by atoms with Gasteiger partial charge in [-0.2, -0.15) is 0 Å². The molecule has 3 nitrogen and oxygen atoms in total. The first kappa shape index (κ1) is 17.9. The molecule has 124 valence electrons. The number of Topliss-reactive ketones (excluding diaryl/α,β-unsaturated/α-hetero) is 1. The fourth-order valence-corrected chi connectivity index (χ4v) is 2.71. The molecular weight excluding hydrogens is 318 g/mol. The van der Waals surface area contributed by atoms with E-state index in [2.05, 4.69) is 5.32 Å². The van der Waals surface area contributed by atoms with E-state index in [1.54, 1.807) is 23.5 Å². The number of unbranched alkanes of at least 4 members (excludes halogenated alkanes) is 1. The van der Waals surface area contributed by atoms with E-state index in [1.165, 1.54) is 6.08 Å². The Bertz CT molecular complexity index is 715. The van der Waals surface area contributed by atoms with Crippen LogP contribution in [-0.4, -0.2) is 11.7 Å². The molecule has 4 heteroatoms. The van der Waals surface area contributed by atoms with Crippen LogP contribution in [0.3, 0.4) is 0 Å². The van der Waals surface area contributed by atoms with Crippen LogP contribution in [0.5, 0.6) is 0 Å². The maximum Gasteiger partial charge on any atom is 0.248 e. The van der Waals surface area contributed by atoms with Gasteiger partial charge < -0.3 is 5.32 Å². The fourth-order valence-electron chi connectivity index (χ4n) is 2.09. The Balaban J connectivity index is 2.11. The van der Waals surface area contributed by atoms with Crippen LogP contribution in [0.25, 0.3) is 12.2 Å². The van der Waals surface area contributed by atoms with Crippen molar-refractivity contribution >= 4 is 35.2 Å². The molecule has 0 bridgehead atoms. The van der Waals surface area contributed by atoms with Gasteiger partial charge in [0, 0.05) is 17.4 Å². The topological polar surface area (TPSA) is 46.2 Å². The predicted octanol–water partition coefficient (Wildman–Crippen LogP) is 4.68. The molecule has 0 radical (unpaired) electrons. The lowest BCUT2D eigenvalue weighted by Crippen LogP contribution is -2.25. The normalized spacial score (nSPS) is 11.6. The van der Waals surface area contributed by atoms with Crippen LogP contribution < -0.4 is 5.32 Å². The third-order valence-electron chi connectivity index (χ3n) is 3.37. The molecule has 2 rings (SSSR count). The first-order chi connectivity index (χ1) is 11.7. The lowest BCUT2D eigenvalue weighted by Gasteiger charge is -2.07. The second-order valence-electron chi connectivity index (χ2n) is 5.33. The molecule has 1 aromatic heterocycles. The molecule has 0 unspecified atom stereocenters. The van der Waals surface area contributed by atoms with Gasteiger partial charge in [-0.05, 0) is 35.6 Å². The van der Waals surface area contributed by atoms with Crippen molar-refractivity contribution in [3.63, 3.8) is 0 Å². The van der Waals surface area contributed by atoms with E-state index >= 15 is 0 Å². The van der Waals surface area contributed by atoms with Crippen molar-refractivity contribution in [2.75, 3.05) is 0 Å². The Hall–Kier alpha value is -2.46. The molecule has 1 heterocycles. The Morgan fingerprint density at radius 2 is 1.92 bits per heavy atom. The van der Waals surface area contributed by atoms with E-state index in [9.17, 15) is 9.59 Å². The minimum atomic E-state index is -0.296. The van der Waals surface area contributed by atoms with Crippen molar-refractivity contribution in [1.82, 2.24) is 5.32 Å². The van der Waals surface area contributed by atoms with E-state index in [4.69, 9.17) is 0 Å². The van der Waals surface area contributed by atoms with E-state index in [-0.39, 0.29) is 11.7 Å². The molecule has 0 spiro atoms. The van der Waals surface area contributed by atoms with Crippen molar-refractivity contribution in [2.45, 2.75) is 26.2 Å². The summed E-state index contributed by atoms with van der Waals surface area (Å²) in [5.74, 6) is -0.339. The van der Waals surface area contributed by atoms with Gasteiger partial charge in [-0.15, -0.1) is 11.3 Å². The first-order valence-electron chi connectivity index (χ1n) is 8.01. The average molecular weight is 339 g/mol. The van der Waals surface area contributed by atoms with Gasteiger partial charge in [0.2, 0.25) is 5.91 Å². The number of allylic oxidation sites excluding steroid dienone is 1. The van der Waals surface area contributed by atoms with Crippen LogP contribution in [0.2, 0.25) is 0 Å². The van der Waals surface area contributed by atoms with Gasteiger partial charge in [-0.3, -0.25) is 9.59 Å².